The fourth-order valence-electron chi connectivity index (χ4n) is 2.33. The molecule has 22 heavy (non-hydrogen) atoms. The van der Waals surface area contributed by atoms with Crippen molar-refractivity contribution in [3.05, 3.63) is 63.0 Å². The molecule has 0 radical (unpaired) electrons. The quantitative estimate of drug-likeness (QED) is 0.645. The number of hydrogen-bond acceptors (Lipinski definition) is 2. The minimum Gasteiger partial charge on any atom is -0.326 e. The Balaban J connectivity index is 1.81. The van der Waals surface area contributed by atoms with Gasteiger partial charge in [0.2, 0.25) is 5.91 Å². The Hall–Kier alpha value is -1.55. The van der Waals surface area contributed by atoms with Gasteiger partial charge in [0.25, 0.3) is 0 Å². The lowest BCUT2D eigenvalue weighted by Gasteiger charge is -2.05. The minimum atomic E-state index is -0.0528. The number of carbonyl (C=O) groups is 1. The molecule has 0 aliphatic heterocycles. The molecular weight excluding hydrogens is 337 g/mol. The molecular formula is C17H13Cl2NOS. The van der Waals surface area contributed by atoms with Gasteiger partial charge in [0.1, 0.15) is 0 Å². The van der Waals surface area contributed by atoms with Gasteiger partial charge >= 0.3 is 0 Å². The smallest absolute Gasteiger partial charge is 0.229 e. The van der Waals surface area contributed by atoms with E-state index < -0.39 is 0 Å². The highest BCUT2D eigenvalue weighted by atomic mass is 35.5. The molecule has 0 saturated heterocycles. The molecule has 112 valence electrons. The van der Waals surface area contributed by atoms with Crippen molar-refractivity contribution in [2.75, 3.05) is 5.32 Å². The van der Waals surface area contributed by atoms with E-state index in [9.17, 15) is 4.79 Å². The molecule has 0 atom stereocenters. The highest BCUT2D eigenvalue weighted by Gasteiger charge is 2.12. The Bertz CT molecular complexity index is 857. The number of aryl methyl sites for hydroxylation is 1. The summed E-state index contributed by atoms with van der Waals surface area (Å²) in [5, 5.41) is 5.30. The number of benzene rings is 2. The molecule has 1 aromatic heterocycles. The van der Waals surface area contributed by atoms with E-state index in [1.165, 1.54) is 0 Å². The van der Waals surface area contributed by atoms with Crippen molar-refractivity contribution in [2.45, 2.75) is 13.3 Å². The zero-order valence-electron chi connectivity index (χ0n) is 11.8. The molecule has 1 heterocycles. The number of anilines is 1. The van der Waals surface area contributed by atoms with E-state index in [-0.39, 0.29) is 5.91 Å². The second-order valence-electron chi connectivity index (χ2n) is 5.03. The number of thiophene rings is 1. The van der Waals surface area contributed by atoms with Crippen LogP contribution in [0.3, 0.4) is 0 Å². The summed E-state index contributed by atoms with van der Waals surface area (Å²) >= 11 is 13.6. The van der Waals surface area contributed by atoms with E-state index in [4.69, 9.17) is 23.2 Å². The van der Waals surface area contributed by atoms with Crippen LogP contribution in [-0.2, 0) is 11.2 Å². The van der Waals surface area contributed by atoms with Crippen LogP contribution < -0.4 is 5.32 Å². The van der Waals surface area contributed by atoms with E-state index >= 15 is 0 Å². The average molecular weight is 350 g/mol. The summed E-state index contributed by atoms with van der Waals surface area (Å²) in [5.41, 5.74) is 1.82. The standard InChI is InChI=1S/C17H13Cl2NOS/c1-10-14-8-12(19)5-6-15(14)22-16(10)9-17(21)20-13-4-2-3-11(18)7-13/h2-8H,9H2,1H3,(H,20,21). The third-order valence-electron chi connectivity index (χ3n) is 3.43. The highest BCUT2D eigenvalue weighted by molar-refractivity contribution is 7.19. The number of carbonyl (C=O) groups excluding carboxylic acids is 1. The number of hydrogen-bond donors (Lipinski definition) is 1. The lowest BCUT2D eigenvalue weighted by molar-refractivity contribution is -0.115. The van der Waals surface area contributed by atoms with Crippen LogP contribution in [-0.4, -0.2) is 5.91 Å². The first-order valence-electron chi connectivity index (χ1n) is 6.76. The third kappa shape index (κ3) is 3.27. The van der Waals surface area contributed by atoms with Gasteiger partial charge in [-0.25, -0.2) is 0 Å². The van der Waals surface area contributed by atoms with Crippen LogP contribution in [0.15, 0.2) is 42.5 Å². The van der Waals surface area contributed by atoms with E-state index in [0.717, 1.165) is 20.5 Å². The first-order chi connectivity index (χ1) is 10.5. The Labute approximate surface area is 142 Å². The molecule has 1 N–H and O–H groups in total. The summed E-state index contributed by atoms with van der Waals surface area (Å²) in [6.07, 6.45) is 0.343. The molecule has 0 fully saturated rings. The lowest BCUT2D eigenvalue weighted by Crippen LogP contribution is -2.14. The van der Waals surface area contributed by atoms with Crippen LogP contribution >= 0.6 is 34.5 Å². The summed E-state index contributed by atoms with van der Waals surface area (Å²) in [5.74, 6) is -0.0528. The van der Waals surface area contributed by atoms with Crippen molar-refractivity contribution in [3.8, 4) is 0 Å². The molecule has 1 amide bonds. The molecule has 0 aliphatic rings. The number of nitrogens with one attached hydrogen (secondary N) is 1. The van der Waals surface area contributed by atoms with Crippen molar-refractivity contribution >= 4 is 56.2 Å². The number of fused-ring (bicyclic) bond motifs is 1. The van der Waals surface area contributed by atoms with Crippen molar-refractivity contribution in [1.29, 1.82) is 0 Å². The SMILES string of the molecule is Cc1c(CC(=O)Nc2cccc(Cl)c2)sc2ccc(Cl)cc12. The number of amides is 1. The maximum absolute atomic E-state index is 12.2. The molecule has 3 rings (SSSR count). The monoisotopic (exact) mass is 349 g/mol. The summed E-state index contributed by atoms with van der Waals surface area (Å²) in [7, 11) is 0. The molecule has 0 aliphatic carbocycles. The molecule has 2 aromatic carbocycles. The van der Waals surface area contributed by atoms with Gasteiger partial charge in [-0.3, -0.25) is 4.79 Å². The van der Waals surface area contributed by atoms with Crippen molar-refractivity contribution in [2.24, 2.45) is 0 Å². The maximum Gasteiger partial charge on any atom is 0.229 e. The van der Waals surface area contributed by atoms with Crippen molar-refractivity contribution in [3.63, 3.8) is 0 Å². The molecule has 0 bridgehead atoms. The van der Waals surface area contributed by atoms with Crippen LogP contribution in [0.25, 0.3) is 10.1 Å². The largest absolute Gasteiger partial charge is 0.326 e. The first-order valence-corrected chi connectivity index (χ1v) is 8.33. The Kier molecular flexibility index (Phi) is 4.39. The van der Waals surface area contributed by atoms with Crippen LogP contribution in [0.4, 0.5) is 5.69 Å². The molecule has 0 saturated carbocycles. The summed E-state index contributed by atoms with van der Waals surface area (Å²) in [4.78, 5) is 13.3. The summed E-state index contributed by atoms with van der Waals surface area (Å²) < 4.78 is 1.15. The zero-order chi connectivity index (χ0) is 15.7. The Morgan fingerprint density at radius 3 is 2.68 bits per heavy atom. The predicted molar refractivity (Wildman–Crippen MR) is 95.4 cm³/mol. The molecule has 5 heteroatoms. The summed E-state index contributed by atoms with van der Waals surface area (Å²) in [6, 6.07) is 12.9. The first kappa shape index (κ1) is 15.3. The van der Waals surface area contributed by atoms with E-state index in [1.807, 2.05) is 37.3 Å². The van der Waals surface area contributed by atoms with Gasteiger partial charge in [0.05, 0.1) is 6.42 Å². The van der Waals surface area contributed by atoms with Crippen LogP contribution in [0.2, 0.25) is 10.0 Å². The zero-order valence-corrected chi connectivity index (χ0v) is 14.1. The van der Waals surface area contributed by atoms with E-state index in [0.29, 0.717) is 22.2 Å². The Morgan fingerprint density at radius 1 is 1.14 bits per heavy atom. The van der Waals surface area contributed by atoms with E-state index in [2.05, 4.69) is 5.32 Å². The second kappa shape index (κ2) is 6.29. The van der Waals surface area contributed by atoms with Gasteiger partial charge in [-0.05, 0) is 54.3 Å². The normalized spacial score (nSPS) is 10.9. The maximum atomic E-state index is 12.2. The fourth-order valence-corrected chi connectivity index (χ4v) is 3.88. The van der Waals surface area contributed by atoms with Crippen molar-refractivity contribution < 1.29 is 4.79 Å². The molecule has 3 aromatic rings. The van der Waals surface area contributed by atoms with Crippen LogP contribution in [0.5, 0.6) is 0 Å². The number of halogens is 2. The molecule has 0 spiro atoms. The predicted octanol–water partition coefficient (Wildman–Crippen LogP) is 5.70. The lowest BCUT2D eigenvalue weighted by atomic mass is 10.1. The molecule has 0 unspecified atom stereocenters. The van der Waals surface area contributed by atoms with Crippen LogP contribution in [0.1, 0.15) is 10.4 Å². The van der Waals surface area contributed by atoms with Gasteiger partial charge in [0, 0.05) is 25.3 Å². The Morgan fingerprint density at radius 2 is 1.91 bits per heavy atom. The fraction of sp³-hybridized carbons (Fsp3) is 0.118. The average Bonchev–Trinajstić information content (AvgIpc) is 2.75. The number of rotatable bonds is 3. The molecule has 2 nitrogen and oxygen atoms in total. The van der Waals surface area contributed by atoms with Gasteiger partial charge in [0.15, 0.2) is 0 Å². The topological polar surface area (TPSA) is 29.1 Å². The van der Waals surface area contributed by atoms with Crippen LogP contribution in [0, 0.1) is 6.92 Å². The highest BCUT2D eigenvalue weighted by Crippen LogP contribution is 2.33. The van der Waals surface area contributed by atoms with Gasteiger partial charge in [-0.2, -0.15) is 0 Å². The summed E-state index contributed by atoms with van der Waals surface area (Å²) in [6.45, 7) is 2.02. The van der Waals surface area contributed by atoms with E-state index in [1.54, 1.807) is 23.5 Å². The van der Waals surface area contributed by atoms with Gasteiger partial charge < -0.3 is 5.32 Å². The van der Waals surface area contributed by atoms with Gasteiger partial charge in [-0.1, -0.05) is 29.3 Å². The third-order valence-corrected chi connectivity index (χ3v) is 5.17. The minimum absolute atomic E-state index is 0.0528. The van der Waals surface area contributed by atoms with Crippen molar-refractivity contribution in [1.82, 2.24) is 0 Å². The van der Waals surface area contributed by atoms with Gasteiger partial charge in [-0.15, -0.1) is 11.3 Å². The second-order valence-corrected chi connectivity index (χ2v) is 7.04.